The Labute approximate surface area is 125 Å². The van der Waals surface area contributed by atoms with Crippen LogP contribution in [0.3, 0.4) is 0 Å². The minimum Gasteiger partial charge on any atom is -0.379 e. The van der Waals surface area contributed by atoms with Gasteiger partial charge in [0.1, 0.15) is 0 Å². The first kappa shape index (κ1) is 16.2. The van der Waals surface area contributed by atoms with Gasteiger partial charge in [-0.05, 0) is 26.4 Å². The third-order valence-corrected chi connectivity index (χ3v) is 4.51. The number of piperidine rings is 1. The fourth-order valence-electron chi connectivity index (χ4n) is 2.98. The van der Waals surface area contributed by atoms with Gasteiger partial charge in [-0.25, -0.2) is 0 Å². The van der Waals surface area contributed by atoms with Crippen LogP contribution in [-0.4, -0.2) is 90.1 Å². The predicted molar refractivity (Wildman–Crippen MR) is 78.5 cm³/mol. The highest BCUT2D eigenvalue weighted by Crippen LogP contribution is 2.21. The maximum atomic E-state index is 12.2. The number of nitrogens with zero attached hydrogens (tertiary/aromatic N) is 3. The molecule has 0 unspecified atom stereocenters. The molecule has 0 aromatic rings. The van der Waals surface area contributed by atoms with E-state index < -0.39 is 11.5 Å². The molecule has 0 bridgehead atoms. The second-order valence-corrected chi connectivity index (χ2v) is 6.21. The third-order valence-electron chi connectivity index (χ3n) is 4.51. The Kier molecular flexibility index (Phi) is 5.18. The summed E-state index contributed by atoms with van der Waals surface area (Å²) >= 11 is 0. The van der Waals surface area contributed by atoms with Crippen molar-refractivity contribution in [1.29, 1.82) is 0 Å². The molecule has 120 valence electrons. The van der Waals surface area contributed by atoms with Gasteiger partial charge < -0.3 is 20.6 Å². The van der Waals surface area contributed by atoms with E-state index in [1.165, 1.54) is 0 Å². The third kappa shape index (κ3) is 4.15. The number of amides is 2. The average Bonchev–Trinajstić information content (AvgIpc) is 2.45. The van der Waals surface area contributed by atoms with E-state index in [1.807, 2.05) is 9.80 Å². The summed E-state index contributed by atoms with van der Waals surface area (Å²) in [6.45, 7) is 4.99. The Bertz CT molecular complexity index is 396. The van der Waals surface area contributed by atoms with E-state index in [2.05, 4.69) is 11.9 Å². The first-order chi connectivity index (χ1) is 9.90. The molecule has 2 aliphatic heterocycles. The molecule has 3 N–H and O–H groups in total. The maximum Gasteiger partial charge on any atom is 0.250 e. The van der Waals surface area contributed by atoms with Gasteiger partial charge in [-0.3, -0.25) is 14.5 Å². The molecule has 21 heavy (non-hydrogen) atoms. The minimum atomic E-state index is -1.44. The molecule has 0 aromatic carbocycles. The van der Waals surface area contributed by atoms with Crippen LogP contribution in [0, 0.1) is 0 Å². The van der Waals surface area contributed by atoms with Crippen molar-refractivity contribution in [3.63, 3.8) is 0 Å². The number of nitrogens with two attached hydrogens (primary N) is 1. The van der Waals surface area contributed by atoms with Crippen LogP contribution < -0.4 is 5.73 Å². The molecule has 2 aliphatic rings. The summed E-state index contributed by atoms with van der Waals surface area (Å²) in [5.41, 5.74) is 3.82. The molecule has 7 heteroatoms. The van der Waals surface area contributed by atoms with E-state index in [9.17, 15) is 14.7 Å². The number of carbonyl (C=O) groups is 2. The molecule has 2 rings (SSSR count). The van der Waals surface area contributed by atoms with Crippen LogP contribution >= 0.6 is 0 Å². The van der Waals surface area contributed by atoms with Crippen LogP contribution in [0.25, 0.3) is 0 Å². The second kappa shape index (κ2) is 6.72. The lowest BCUT2D eigenvalue weighted by atomic mass is 9.92. The standard InChI is InChI=1S/C14H26N4O3/c1-16-7-9-18(10-8-16)12(19)3-6-17-5-2-4-14(21,11-17)13(15)20/h21H,2-11H2,1H3,(H2,15,20)/t14-/m1/s1. The van der Waals surface area contributed by atoms with Crippen LogP contribution in [0.2, 0.25) is 0 Å². The smallest absolute Gasteiger partial charge is 0.250 e. The zero-order valence-corrected chi connectivity index (χ0v) is 12.8. The zero-order valence-electron chi connectivity index (χ0n) is 12.8. The molecule has 0 spiro atoms. The Morgan fingerprint density at radius 2 is 1.86 bits per heavy atom. The van der Waals surface area contributed by atoms with Gasteiger partial charge in [0.25, 0.3) is 5.91 Å². The minimum absolute atomic E-state index is 0.149. The number of primary amides is 1. The van der Waals surface area contributed by atoms with Crippen LogP contribution in [0.15, 0.2) is 0 Å². The van der Waals surface area contributed by atoms with Crippen molar-refractivity contribution in [3.05, 3.63) is 0 Å². The van der Waals surface area contributed by atoms with Gasteiger partial charge in [0.05, 0.1) is 0 Å². The highest BCUT2D eigenvalue weighted by molar-refractivity contribution is 5.83. The van der Waals surface area contributed by atoms with E-state index in [-0.39, 0.29) is 12.5 Å². The number of β-amino-alcohol motifs (C(OH)–C–C–N with tert-alkyl or cyclic N) is 1. The molecule has 2 saturated heterocycles. The van der Waals surface area contributed by atoms with Crippen molar-refractivity contribution in [3.8, 4) is 0 Å². The lowest BCUT2D eigenvalue weighted by Crippen LogP contribution is -2.56. The number of rotatable bonds is 4. The lowest BCUT2D eigenvalue weighted by molar-refractivity contribution is -0.142. The number of aliphatic hydroxyl groups is 1. The van der Waals surface area contributed by atoms with Gasteiger partial charge >= 0.3 is 0 Å². The highest BCUT2D eigenvalue weighted by atomic mass is 16.3. The van der Waals surface area contributed by atoms with E-state index >= 15 is 0 Å². The zero-order chi connectivity index (χ0) is 15.5. The predicted octanol–water partition coefficient (Wildman–Crippen LogP) is -1.54. The summed E-state index contributed by atoms with van der Waals surface area (Å²) in [5.74, 6) is -0.520. The van der Waals surface area contributed by atoms with Gasteiger partial charge in [-0.15, -0.1) is 0 Å². The molecule has 1 atom stereocenters. The Hall–Kier alpha value is -1.18. The number of hydrogen-bond acceptors (Lipinski definition) is 5. The molecule has 0 saturated carbocycles. The van der Waals surface area contributed by atoms with Gasteiger partial charge in [0, 0.05) is 45.7 Å². The number of likely N-dealkylation sites (N-methyl/N-ethyl adjacent to an activating group) is 1. The van der Waals surface area contributed by atoms with Gasteiger partial charge in [0.15, 0.2) is 5.60 Å². The largest absolute Gasteiger partial charge is 0.379 e. The van der Waals surface area contributed by atoms with Crippen molar-refractivity contribution in [1.82, 2.24) is 14.7 Å². The van der Waals surface area contributed by atoms with Crippen LogP contribution in [0.4, 0.5) is 0 Å². The molecule has 7 nitrogen and oxygen atoms in total. The Morgan fingerprint density at radius 3 is 2.48 bits per heavy atom. The highest BCUT2D eigenvalue weighted by Gasteiger charge is 2.38. The van der Waals surface area contributed by atoms with E-state index in [4.69, 9.17) is 5.73 Å². The van der Waals surface area contributed by atoms with Crippen LogP contribution in [0.5, 0.6) is 0 Å². The van der Waals surface area contributed by atoms with Gasteiger partial charge in [-0.1, -0.05) is 0 Å². The molecular weight excluding hydrogens is 272 g/mol. The number of hydrogen-bond donors (Lipinski definition) is 2. The van der Waals surface area contributed by atoms with E-state index in [0.717, 1.165) is 39.1 Å². The molecule has 0 aromatic heterocycles. The maximum absolute atomic E-state index is 12.2. The van der Waals surface area contributed by atoms with Crippen molar-refractivity contribution in [2.24, 2.45) is 5.73 Å². The monoisotopic (exact) mass is 298 g/mol. The van der Waals surface area contributed by atoms with Crippen LogP contribution in [0.1, 0.15) is 19.3 Å². The summed E-state index contributed by atoms with van der Waals surface area (Å²) in [5, 5.41) is 10.1. The summed E-state index contributed by atoms with van der Waals surface area (Å²) < 4.78 is 0. The van der Waals surface area contributed by atoms with E-state index in [1.54, 1.807) is 0 Å². The fourth-order valence-corrected chi connectivity index (χ4v) is 2.98. The summed E-state index contributed by atoms with van der Waals surface area (Å²) in [6, 6.07) is 0. The number of piperazine rings is 1. The quantitative estimate of drug-likeness (QED) is 0.657. The van der Waals surface area contributed by atoms with Crippen molar-refractivity contribution < 1.29 is 14.7 Å². The first-order valence-electron chi connectivity index (χ1n) is 7.62. The normalized spacial score (nSPS) is 28.6. The molecule has 0 aliphatic carbocycles. The first-order valence-corrected chi connectivity index (χ1v) is 7.62. The molecule has 2 heterocycles. The summed E-state index contributed by atoms with van der Waals surface area (Å²) in [7, 11) is 2.06. The molecule has 0 radical (unpaired) electrons. The Morgan fingerprint density at radius 1 is 1.19 bits per heavy atom. The van der Waals surface area contributed by atoms with Crippen LogP contribution in [-0.2, 0) is 9.59 Å². The summed E-state index contributed by atoms with van der Waals surface area (Å²) in [4.78, 5) is 29.5. The number of likely N-dealkylation sites (tertiary alicyclic amines) is 1. The van der Waals surface area contributed by atoms with Crippen molar-refractivity contribution >= 4 is 11.8 Å². The van der Waals surface area contributed by atoms with Crippen molar-refractivity contribution in [2.75, 3.05) is 52.9 Å². The lowest BCUT2D eigenvalue weighted by Gasteiger charge is -2.37. The number of carbonyl (C=O) groups excluding carboxylic acids is 2. The SMILES string of the molecule is CN1CCN(C(=O)CCN2CCC[C@](O)(C(N)=O)C2)CC1. The fraction of sp³-hybridized carbons (Fsp3) is 0.857. The van der Waals surface area contributed by atoms with E-state index in [0.29, 0.717) is 19.4 Å². The molecule has 2 fully saturated rings. The second-order valence-electron chi connectivity index (χ2n) is 6.21. The van der Waals surface area contributed by atoms with Crippen molar-refractivity contribution in [2.45, 2.75) is 24.9 Å². The van der Waals surface area contributed by atoms with Gasteiger partial charge in [-0.2, -0.15) is 0 Å². The van der Waals surface area contributed by atoms with Gasteiger partial charge in [0.2, 0.25) is 5.91 Å². The molecular formula is C14H26N4O3. The average molecular weight is 298 g/mol. The summed E-state index contributed by atoms with van der Waals surface area (Å²) in [6.07, 6.45) is 1.56. The topological polar surface area (TPSA) is 90.1 Å². The Balaban J connectivity index is 1.77. The molecule has 2 amide bonds.